The predicted octanol–water partition coefficient (Wildman–Crippen LogP) is 4.88. The van der Waals surface area contributed by atoms with Crippen LogP contribution < -0.4 is 16.4 Å². The number of amides is 1. The second-order valence-electron chi connectivity index (χ2n) is 12.7. The predicted molar refractivity (Wildman–Crippen MR) is 164 cm³/mol. The first kappa shape index (κ1) is 28.3. The first-order valence-electron chi connectivity index (χ1n) is 14.5. The van der Waals surface area contributed by atoms with Crippen LogP contribution in [0, 0.1) is 0 Å². The Labute approximate surface area is 246 Å². The van der Waals surface area contributed by atoms with Crippen molar-refractivity contribution in [2.24, 2.45) is 0 Å². The zero-order valence-electron chi connectivity index (χ0n) is 24.7. The maximum Gasteiger partial charge on any atom is 0.257 e. The van der Waals surface area contributed by atoms with E-state index in [1.165, 1.54) is 12.7 Å². The van der Waals surface area contributed by atoms with Crippen molar-refractivity contribution in [2.45, 2.75) is 89.1 Å². The average Bonchev–Trinajstić information content (AvgIpc) is 3.65. The van der Waals surface area contributed by atoms with Gasteiger partial charge in [-0.3, -0.25) is 4.79 Å². The maximum absolute atomic E-state index is 13.8. The molecule has 2 aliphatic rings. The number of aromatic nitrogens is 6. The number of anilines is 3. The Hall–Kier alpha value is -3.81. The molecule has 0 radical (unpaired) electrons. The summed E-state index contributed by atoms with van der Waals surface area (Å²) in [6, 6.07) is 6.09. The molecule has 3 atom stereocenters. The minimum atomic E-state index is -2.26. The van der Waals surface area contributed by atoms with Crippen molar-refractivity contribution < 1.29 is 14.0 Å². The van der Waals surface area contributed by atoms with Crippen LogP contribution in [0.2, 0.25) is 18.1 Å². The molecular formula is C29H39N9O3Si. The fourth-order valence-corrected chi connectivity index (χ4v) is 6.51. The molecule has 13 heteroatoms. The van der Waals surface area contributed by atoms with Gasteiger partial charge in [-0.05, 0) is 49.5 Å². The van der Waals surface area contributed by atoms with Crippen LogP contribution in [0.5, 0.6) is 0 Å². The Balaban J connectivity index is 1.31. The number of rotatable bonds is 8. The molecule has 1 amide bonds. The lowest BCUT2D eigenvalue weighted by Crippen LogP contribution is -2.48. The minimum absolute atomic E-state index is 0.0513. The Morgan fingerprint density at radius 1 is 1.19 bits per heavy atom. The molecule has 4 aromatic heterocycles. The van der Waals surface area contributed by atoms with Crippen molar-refractivity contribution in [3.05, 3.63) is 49.3 Å². The van der Waals surface area contributed by atoms with Crippen molar-refractivity contribution in [3.63, 3.8) is 0 Å². The maximum atomic E-state index is 13.8. The molecule has 1 aliphatic heterocycles. The van der Waals surface area contributed by atoms with E-state index in [0.29, 0.717) is 35.1 Å². The third-order valence-electron chi connectivity index (χ3n) is 8.75. The fraction of sp³-hybridized carbons (Fsp3) is 0.483. The molecule has 42 heavy (non-hydrogen) atoms. The number of nitrogen functional groups attached to an aromatic ring is 1. The highest BCUT2D eigenvalue weighted by Crippen LogP contribution is 2.42. The van der Waals surface area contributed by atoms with Gasteiger partial charge in [0, 0.05) is 49.0 Å². The van der Waals surface area contributed by atoms with Gasteiger partial charge in [-0.1, -0.05) is 20.8 Å². The van der Waals surface area contributed by atoms with E-state index in [4.69, 9.17) is 14.9 Å². The van der Waals surface area contributed by atoms with Crippen LogP contribution in [0.25, 0.3) is 16.7 Å². The SMILES string of the molecule is CC(C)(C)[Si](C)(C)O[C@H]1C[C@H](n2cc(-n3cccn3)c3c(N)ncnc32)O[C@@H]1C(=O)Nc1cc(NC2CCC2)ccn1. The molecule has 0 bridgehead atoms. The van der Waals surface area contributed by atoms with Gasteiger partial charge in [0.05, 0.1) is 17.2 Å². The van der Waals surface area contributed by atoms with Crippen molar-refractivity contribution in [2.75, 3.05) is 16.4 Å². The van der Waals surface area contributed by atoms with E-state index in [2.05, 4.69) is 64.5 Å². The summed E-state index contributed by atoms with van der Waals surface area (Å²) >= 11 is 0. The number of nitrogens with zero attached hydrogens (tertiary/aromatic N) is 6. The van der Waals surface area contributed by atoms with Crippen molar-refractivity contribution in [1.82, 2.24) is 29.3 Å². The van der Waals surface area contributed by atoms with Crippen LogP contribution in [0.4, 0.5) is 17.3 Å². The molecule has 4 N–H and O–H groups in total. The molecule has 5 heterocycles. The topological polar surface area (TPSA) is 147 Å². The molecule has 0 unspecified atom stereocenters. The highest BCUT2D eigenvalue weighted by atomic mass is 28.4. The molecule has 6 rings (SSSR count). The van der Waals surface area contributed by atoms with Crippen LogP contribution >= 0.6 is 0 Å². The summed E-state index contributed by atoms with van der Waals surface area (Å²) in [7, 11) is -2.26. The summed E-state index contributed by atoms with van der Waals surface area (Å²) in [5.41, 5.74) is 8.57. The summed E-state index contributed by atoms with van der Waals surface area (Å²) in [4.78, 5) is 27.0. The number of carbonyl (C=O) groups excluding carboxylic acids is 1. The van der Waals surface area contributed by atoms with Crippen LogP contribution in [0.15, 0.2) is 49.3 Å². The molecule has 222 valence electrons. The number of hydrogen-bond acceptors (Lipinski definition) is 9. The monoisotopic (exact) mass is 589 g/mol. The Bertz CT molecular complexity index is 1580. The third-order valence-corrected chi connectivity index (χ3v) is 13.3. The van der Waals surface area contributed by atoms with Crippen molar-refractivity contribution in [3.8, 4) is 5.69 Å². The average molecular weight is 590 g/mol. The molecule has 0 aromatic carbocycles. The van der Waals surface area contributed by atoms with E-state index >= 15 is 0 Å². The highest BCUT2D eigenvalue weighted by molar-refractivity contribution is 6.74. The number of fused-ring (bicyclic) bond motifs is 1. The minimum Gasteiger partial charge on any atom is -0.411 e. The molecule has 12 nitrogen and oxygen atoms in total. The quantitative estimate of drug-likeness (QED) is 0.245. The molecule has 2 fully saturated rings. The van der Waals surface area contributed by atoms with E-state index in [1.807, 2.05) is 35.2 Å². The molecule has 4 aromatic rings. The van der Waals surface area contributed by atoms with Gasteiger partial charge in [-0.25, -0.2) is 19.6 Å². The van der Waals surface area contributed by atoms with E-state index in [1.54, 1.807) is 17.1 Å². The Morgan fingerprint density at radius 3 is 2.69 bits per heavy atom. The van der Waals surface area contributed by atoms with Gasteiger partial charge in [-0.2, -0.15) is 5.10 Å². The van der Waals surface area contributed by atoms with Gasteiger partial charge in [0.25, 0.3) is 5.91 Å². The van der Waals surface area contributed by atoms with Crippen molar-refractivity contribution >= 4 is 42.6 Å². The molecule has 1 saturated heterocycles. The van der Waals surface area contributed by atoms with E-state index < -0.39 is 26.8 Å². The lowest BCUT2D eigenvalue weighted by molar-refractivity contribution is -0.131. The van der Waals surface area contributed by atoms with Crippen LogP contribution in [-0.4, -0.2) is 61.8 Å². The normalized spacial score (nSPS) is 21.4. The van der Waals surface area contributed by atoms with E-state index in [-0.39, 0.29) is 10.9 Å². The number of nitrogens with two attached hydrogens (primary N) is 1. The zero-order chi connectivity index (χ0) is 29.6. The number of nitrogens with one attached hydrogen (secondary N) is 2. The number of pyridine rings is 1. The highest BCUT2D eigenvalue weighted by Gasteiger charge is 2.48. The second-order valence-corrected chi connectivity index (χ2v) is 17.4. The van der Waals surface area contributed by atoms with Crippen LogP contribution in [-0.2, 0) is 14.0 Å². The van der Waals surface area contributed by atoms with Gasteiger partial charge in [0.2, 0.25) is 0 Å². The fourth-order valence-electron chi connectivity index (χ4n) is 5.18. The first-order valence-corrected chi connectivity index (χ1v) is 17.4. The number of ether oxygens (including phenoxy) is 1. The third kappa shape index (κ3) is 5.39. The summed E-state index contributed by atoms with van der Waals surface area (Å²) in [5.74, 6) is 0.509. The molecule has 1 aliphatic carbocycles. The summed E-state index contributed by atoms with van der Waals surface area (Å²) in [6.07, 6.45) is 10.7. The Morgan fingerprint density at radius 2 is 2.00 bits per heavy atom. The molecular weight excluding hydrogens is 550 g/mol. The zero-order valence-corrected chi connectivity index (χ0v) is 25.7. The first-order chi connectivity index (χ1) is 20.0. The van der Waals surface area contributed by atoms with Gasteiger partial charge < -0.3 is 30.1 Å². The smallest absolute Gasteiger partial charge is 0.257 e. The summed E-state index contributed by atoms with van der Waals surface area (Å²) in [6.45, 7) is 10.9. The van der Waals surface area contributed by atoms with Crippen molar-refractivity contribution in [1.29, 1.82) is 0 Å². The van der Waals surface area contributed by atoms with Crippen LogP contribution in [0.1, 0.15) is 52.7 Å². The standard InChI is InChI=1S/C29H39N9O3Si/c1-29(2,3)42(4,5)41-21-15-23(37-16-20(38-13-7-11-34-38)24-26(30)32-17-33-27(24)37)40-25(21)28(39)36-22-14-19(10-12-31-22)35-18-8-6-9-18/h7,10-14,16-18,21,23,25H,6,8-9,15H2,1-5H3,(H2,30,32,33)(H2,31,35,36,39)/t21-,23+,25-/m0/s1. The summed E-state index contributed by atoms with van der Waals surface area (Å²) < 4.78 is 17.0. The van der Waals surface area contributed by atoms with E-state index in [0.717, 1.165) is 24.2 Å². The second kappa shape index (κ2) is 10.8. The van der Waals surface area contributed by atoms with Gasteiger partial charge >= 0.3 is 0 Å². The Kier molecular flexibility index (Phi) is 7.27. The lowest BCUT2D eigenvalue weighted by Gasteiger charge is -2.39. The largest absolute Gasteiger partial charge is 0.411 e. The number of hydrogen-bond donors (Lipinski definition) is 3. The van der Waals surface area contributed by atoms with Crippen LogP contribution in [0.3, 0.4) is 0 Å². The van der Waals surface area contributed by atoms with E-state index in [9.17, 15) is 4.79 Å². The summed E-state index contributed by atoms with van der Waals surface area (Å²) in [5, 5.41) is 11.5. The molecule has 0 spiro atoms. The van der Waals surface area contributed by atoms with Gasteiger partial charge in [0.1, 0.15) is 29.8 Å². The van der Waals surface area contributed by atoms with Gasteiger partial charge in [-0.15, -0.1) is 0 Å². The van der Waals surface area contributed by atoms with Gasteiger partial charge in [0.15, 0.2) is 14.4 Å². The lowest BCUT2D eigenvalue weighted by atomic mass is 9.93. The molecule has 1 saturated carbocycles. The number of carbonyl (C=O) groups is 1.